The van der Waals surface area contributed by atoms with Gasteiger partial charge in [-0.1, -0.05) is 37.1 Å². The van der Waals surface area contributed by atoms with Gasteiger partial charge in [0.25, 0.3) is 0 Å². The van der Waals surface area contributed by atoms with Crippen LogP contribution in [0.3, 0.4) is 0 Å². The van der Waals surface area contributed by atoms with E-state index in [1.165, 1.54) is 6.08 Å². The van der Waals surface area contributed by atoms with Crippen molar-refractivity contribution in [3.05, 3.63) is 40.4 Å². The van der Waals surface area contributed by atoms with Gasteiger partial charge in [0, 0.05) is 5.02 Å². The predicted octanol–water partition coefficient (Wildman–Crippen LogP) is 3.59. The Labute approximate surface area is 112 Å². The van der Waals surface area contributed by atoms with Crippen LogP contribution in [0.2, 0.25) is 5.02 Å². The van der Waals surface area contributed by atoms with Crippen molar-refractivity contribution in [1.82, 2.24) is 0 Å². The zero-order valence-electron chi connectivity index (χ0n) is 10.1. The van der Waals surface area contributed by atoms with Gasteiger partial charge in [0.05, 0.1) is 6.61 Å². The summed E-state index contributed by atoms with van der Waals surface area (Å²) >= 11 is 5.75. The number of rotatable bonds is 5. The fourth-order valence-electron chi connectivity index (χ4n) is 1.25. The average Bonchev–Trinajstić information content (AvgIpc) is 2.38. The van der Waals surface area contributed by atoms with E-state index in [-0.39, 0.29) is 5.57 Å². The van der Waals surface area contributed by atoms with Crippen LogP contribution in [0, 0.1) is 11.3 Å². The predicted molar refractivity (Wildman–Crippen MR) is 70.9 cm³/mol. The summed E-state index contributed by atoms with van der Waals surface area (Å²) in [4.78, 5) is 11.6. The van der Waals surface area contributed by atoms with E-state index in [9.17, 15) is 4.79 Å². The quantitative estimate of drug-likeness (QED) is 0.353. The number of hydrogen-bond donors (Lipinski definition) is 0. The second kappa shape index (κ2) is 7.52. The molecule has 94 valence electrons. The molecule has 0 atom stereocenters. The third kappa shape index (κ3) is 4.60. The fraction of sp³-hybridized carbons (Fsp3) is 0.286. The van der Waals surface area contributed by atoms with Crippen molar-refractivity contribution in [2.24, 2.45) is 0 Å². The number of hydrogen-bond acceptors (Lipinski definition) is 3. The van der Waals surface area contributed by atoms with E-state index in [0.717, 1.165) is 18.4 Å². The number of esters is 1. The molecule has 0 saturated carbocycles. The summed E-state index contributed by atoms with van der Waals surface area (Å²) in [5.74, 6) is -0.582. The summed E-state index contributed by atoms with van der Waals surface area (Å²) in [5, 5.41) is 9.53. The van der Waals surface area contributed by atoms with E-state index in [0.29, 0.717) is 11.6 Å². The van der Waals surface area contributed by atoms with Gasteiger partial charge in [0.2, 0.25) is 0 Å². The first-order valence-electron chi connectivity index (χ1n) is 5.72. The minimum Gasteiger partial charge on any atom is -0.462 e. The lowest BCUT2D eigenvalue weighted by atomic mass is 10.1. The van der Waals surface area contributed by atoms with Gasteiger partial charge in [-0.05, 0) is 30.2 Å². The smallest absolute Gasteiger partial charge is 0.348 e. The molecule has 3 nitrogen and oxygen atoms in total. The van der Waals surface area contributed by atoms with Gasteiger partial charge in [-0.3, -0.25) is 0 Å². The Balaban J connectivity index is 2.74. The largest absolute Gasteiger partial charge is 0.462 e. The van der Waals surface area contributed by atoms with Gasteiger partial charge < -0.3 is 4.74 Å². The Morgan fingerprint density at radius 2 is 2.11 bits per heavy atom. The monoisotopic (exact) mass is 263 g/mol. The molecule has 0 aliphatic heterocycles. The van der Waals surface area contributed by atoms with Crippen LogP contribution in [0.15, 0.2) is 29.8 Å². The third-order valence-electron chi connectivity index (χ3n) is 2.25. The molecule has 0 radical (unpaired) electrons. The molecule has 0 aromatic heterocycles. The van der Waals surface area contributed by atoms with E-state index < -0.39 is 5.97 Å². The highest BCUT2D eigenvalue weighted by atomic mass is 35.5. The maximum absolute atomic E-state index is 11.6. The lowest BCUT2D eigenvalue weighted by molar-refractivity contribution is -0.138. The molecular formula is C14H14ClNO2. The van der Waals surface area contributed by atoms with Crippen LogP contribution < -0.4 is 0 Å². The SMILES string of the molecule is CCCCOC(=O)/C(C#N)=C\c1ccc(Cl)cc1. The van der Waals surface area contributed by atoms with Crippen molar-refractivity contribution in [3.8, 4) is 6.07 Å². The molecule has 1 rings (SSSR count). The van der Waals surface area contributed by atoms with Crippen LogP contribution >= 0.6 is 11.6 Å². The Morgan fingerprint density at radius 1 is 1.44 bits per heavy atom. The molecule has 0 unspecified atom stereocenters. The first-order chi connectivity index (χ1) is 8.67. The van der Waals surface area contributed by atoms with E-state index in [1.54, 1.807) is 24.3 Å². The topological polar surface area (TPSA) is 50.1 Å². The number of nitrogens with zero attached hydrogens (tertiary/aromatic N) is 1. The lowest BCUT2D eigenvalue weighted by Gasteiger charge is -2.02. The Bertz CT molecular complexity index is 472. The number of unbranched alkanes of at least 4 members (excludes halogenated alkanes) is 1. The first-order valence-corrected chi connectivity index (χ1v) is 6.09. The molecule has 0 aliphatic carbocycles. The Hall–Kier alpha value is -1.79. The minimum atomic E-state index is -0.582. The number of benzene rings is 1. The molecule has 0 saturated heterocycles. The molecule has 1 aromatic carbocycles. The van der Waals surface area contributed by atoms with Crippen molar-refractivity contribution in [3.63, 3.8) is 0 Å². The highest BCUT2D eigenvalue weighted by Crippen LogP contribution is 2.13. The van der Waals surface area contributed by atoms with Crippen LogP contribution in [0.25, 0.3) is 6.08 Å². The molecule has 0 spiro atoms. The lowest BCUT2D eigenvalue weighted by Crippen LogP contribution is -2.07. The highest BCUT2D eigenvalue weighted by Gasteiger charge is 2.10. The maximum atomic E-state index is 11.6. The number of nitriles is 1. The summed E-state index contributed by atoms with van der Waals surface area (Å²) in [6, 6.07) is 8.71. The van der Waals surface area contributed by atoms with Gasteiger partial charge in [-0.25, -0.2) is 4.79 Å². The molecule has 0 amide bonds. The summed E-state index contributed by atoms with van der Waals surface area (Å²) in [5.41, 5.74) is 0.733. The van der Waals surface area contributed by atoms with Gasteiger partial charge in [0.1, 0.15) is 11.6 Å². The summed E-state index contributed by atoms with van der Waals surface area (Å²) < 4.78 is 4.98. The number of halogens is 1. The molecule has 0 heterocycles. The standard InChI is InChI=1S/C14H14ClNO2/c1-2-3-8-18-14(17)12(10-16)9-11-4-6-13(15)7-5-11/h4-7,9H,2-3,8H2,1H3/b12-9-. The molecule has 1 aromatic rings. The average molecular weight is 264 g/mol. The Morgan fingerprint density at radius 3 is 2.67 bits per heavy atom. The third-order valence-corrected chi connectivity index (χ3v) is 2.50. The molecule has 0 bridgehead atoms. The zero-order chi connectivity index (χ0) is 13.4. The van der Waals surface area contributed by atoms with Crippen LogP contribution in [0.1, 0.15) is 25.3 Å². The van der Waals surface area contributed by atoms with Crippen LogP contribution in [0.5, 0.6) is 0 Å². The second-order valence-electron chi connectivity index (χ2n) is 3.71. The van der Waals surface area contributed by atoms with Gasteiger partial charge >= 0.3 is 5.97 Å². The van der Waals surface area contributed by atoms with E-state index >= 15 is 0 Å². The maximum Gasteiger partial charge on any atom is 0.348 e. The van der Waals surface area contributed by atoms with Crippen molar-refractivity contribution in [2.45, 2.75) is 19.8 Å². The molecular weight excluding hydrogens is 250 g/mol. The molecule has 0 N–H and O–H groups in total. The first kappa shape index (κ1) is 14.3. The zero-order valence-corrected chi connectivity index (χ0v) is 10.9. The summed E-state index contributed by atoms with van der Waals surface area (Å²) in [7, 11) is 0. The van der Waals surface area contributed by atoms with Crippen molar-refractivity contribution in [1.29, 1.82) is 5.26 Å². The van der Waals surface area contributed by atoms with Crippen LogP contribution in [-0.4, -0.2) is 12.6 Å². The fourth-order valence-corrected chi connectivity index (χ4v) is 1.38. The normalized spacial score (nSPS) is 10.8. The Kier molecular flexibility index (Phi) is 5.96. The van der Waals surface area contributed by atoms with Gasteiger partial charge in [0.15, 0.2) is 0 Å². The summed E-state index contributed by atoms with van der Waals surface area (Å²) in [6.07, 6.45) is 3.23. The van der Waals surface area contributed by atoms with Gasteiger partial charge in [-0.2, -0.15) is 5.26 Å². The van der Waals surface area contributed by atoms with E-state index in [2.05, 4.69) is 0 Å². The molecule has 0 aliphatic rings. The van der Waals surface area contributed by atoms with E-state index in [1.807, 2.05) is 13.0 Å². The number of carbonyl (C=O) groups is 1. The number of carbonyl (C=O) groups excluding carboxylic acids is 1. The number of ether oxygens (including phenoxy) is 1. The minimum absolute atomic E-state index is 0.00609. The van der Waals surface area contributed by atoms with Crippen LogP contribution in [0.4, 0.5) is 0 Å². The van der Waals surface area contributed by atoms with E-state index in [4.69, 9.17) is 21.6 Å². The highest BCUT2D eigenvalue weighted by molar-refractivity contribution is 6.30. The molecule has 4 heteroatoms. The van der Waals surface area contributed by atoms with Crippen molar-refractivity contribution >= 4 is 23.6 Å². The van der Waals surface area contributed by atoms with Crippen molar-refractivity contribution in [2.75, 3.05) is 6.61 Å². The molecule has 18 heavy (non-hydrogen) atoms. The van der Waals surface area contributed by atoms with Crippen molar-refractivity contribution < 1.29 is 9.53 Å². The van der Waals surface area contributed by atoms with Gasteiger partial charge in [-0.15, -0.1) is 0 Å². The second-order valence-corrected chi connectivity index (χ2v) is 4.15. The molecule has 0 fully saturated rings. The van der Waals surface area contributed by atoms with Crippen LogP contribution in [-0.2, 0) is 9.53 Å². The summed E-state index contributed by atoms with van der Waals surface area (Å²) in [6.45, 7) is 2.34.